The number of ether oxygens (including phenoxy) is 2. The van der Waals surface area contributed by atoms with Gasteiger partial charge >= 0.3 is 0 Å². The molecule has 15 heavy (non-hydrogen) atoms. The maximum Gasteiger partial charge on any atom is 0.126 e. The molecule has 1 aromatic carbocycles. The molecule has 0 aliphatic carbocycles. The van der Waals surface area contributed by atoms with Crippen LogP contribution in [0.15, 0.2) is 18.2 Å². The van der Waals surface area contributed by atoms with E-state index in [2.05, 4.69) is 18.3 Å². The lowest BCUT2D eigenvalue weighted by molar-refractivity contribution is 0.140. The molecule has 0 unspecified atom stereocenters. The maximum absolute atomic E-state index is 5.87. The molecule has 0 atom stereocenters. The fourth-order valence-corrected chi connectivity index (χ4v) is 1.59. The molecule has 82 valence electrons. The van der Waals surface area contributed by atoms with Crippen LogP contribution < -0.4 is 14.8 Å². The van der Waals surface area contributed by atoms with Gasteiger partial charge in [-0.1, -0.05) is 13.0 Å². The summed E-state index contributed by atoms with van der Waals surface area (Å²) in [5.74, 6) is 1.82. The Balaban J connectivity index is 2.16. The molecule has 1 aliphatic rings. The lowest BCUT2D eigenvalue weighted by atomic mass is 10.1. The second-order valence-corrected chi connectivity index (χ2v) is 3.73. The summed E-state index contributed by atoms with van der Waals surface area (Å²) < 4.78 is 11.1. The minimum atomic E-state index is 0.322. The van der Waals surface area contributed by atoms with E-state index >= 15 is 0 Å². The largest absolute Gasteiger partial charge is 0.497 e. The van der Waals surface area contributed by atoms with Crippen LogP contribution >= 0.6 is 0 Å². The highest BCUT2D eigenvalue weighted by Crippen LogP contribution is 2.26. The van der Waals surface area contributed by atoms with E-state index in [9.17, 15) is 0 Å². The van der Waals surface area contributed by atoms with E-state index in [0.29, 0.717) is 6.10 Å². The number of hydrogen-bond donors (Lipinski definition) is 1. The van der Waals surface area contributed by atoms with Crippen molar-refractivity contribution in [3.8, 4) is 11.5 Å². The van der Waals surface area contributed by atoms with E-state index in [-0.39, 0.29) is 0 Å². The van der Waals surface area contributed by atoms with E-state index < -0.39 is 0 Å². The average Bonchev–Trinajstić information content (AvgIpc) is 2.23. The molecule has 3 heteroatoms. The molecule has 1 aromatic rings. The summed E-state index contributed by atoms with van der Waals surface area (Å²) in [5.41, 5.74) is 1.24. The van der Waals surface area contributed by atoms with Crippen LogP contribution in [0.25, 0.3) is 0 Å². The fraction of sp³-hybridized carbons (Fsp3) is 0.500. The number of nitrogens with one attached hydrogen (secondary N) is 1. The van der Waals surface area contributed by atoms with Gasteiger partial charge in [-0.25, -0.2) is 0 Å². The van der Waals surface area contributed by atoms with Crippen molar-refractivity contribution in [3.05, 3.63) is 23.8 Å². The van der Waals surface area contributed by atoms with Crippen molar-refractivity contribution in [1.29, 1.82) is 0 Å². The normalized spacial score (nSPS) is 15.9. The quantitative estimate of drug-likeness (QED) is 0.813. The number of methoxy groups -OCH3 is 1. The van der Waals surface area contributed by atoms with Gasteiger partial charge in [0.15, 0.2) is 0 Å². The lowest BCUT2D eigenvalue weighted by Gasteiger charge is -2.28. The van der Waals surface area contributed by atoms with Gasteiger partial charge in [-0.15, -0.1) is 0 Å². The first-order valence-electron chi connectivity index (χ1n) is 5.37. The van der Waals surface area contributed by atoms with E-state index in [0.717, 1.165) is 31.0 Å². The molecule has 0 saturated carbocycles. The standard InChI is InChI=1S/C12H17NO2/c1-3-9-4-5-10(14-2)6-12(9)15-11-7-13-8-11/h4-6,11,13H,3,7-8H2,1-2H3. The predicted molar refractivity (Wildman–Crippen MR) is 59.7 cm³/mol. The molecule has 0 aromatic heterocycles. The molecule has 2 rings (SSSR count). The molecule has 0 amide bonds. The summed E-state index contributed by atoms with van der Waals surface area (Å²) in [6.07, 6.45) is 1.31. The van der Waals surface area contributed by atoms with E-state index in [1.165, 1.54) is 5.56 Å². The van der Waals surface area contributed by atoms with Crippen molar-refractivity contribution in [1.82, 2.24) is 5.32 Å². The molecular weight excluding hydrogens is 190 g/mol. The van der Waals surface area contributed by atoms with Crippen LogP contribution in [0.5, 0.6) is 11.5 Å². The molecule has 0 spiro atoms. The highest BCUT2D eigenvalue weighted by Gasteiger charge is 2.19. The Morgan fingerprint density at radius 1 is 1.40 bits per heavy atom. The second kappa shape index (κ2) is 4.53. The molecular formula is C12H17NO2. The third kappa shape index (κ3) is 2.23. The summed E-state index contributed by atoms with van der Waals surface area (Å²) in [6.45, 7) is 4.02. The fourth-order valence-electron chi connectivity index (χ4n) is 1.59. The van der Waals surface area contributed by atoms with E-state index in [1.807, 2.05) is 12.1 Å². The van der Waals surface area contributed by atoms with Crippen LogP contribution in [0.4, 0.5) is 0 Å². The minimum absolute atomic E-state index is 0.322. The van der Waals surface area contributed by atoms with Crippen LogP contribution in [0.2, 0.25) is 0 Å². The van der Waals surface area contributed by atoms with Gasteiger partial charge in [-0.2, -0.15) is 0 Å². The SMILES string of the molecule is CCc1ccc(OC)cc1OC1CNC1. The molecule has 0 radical (unpaired) electrons. The first kappa shape index (κ1) is 10.3. The highest BCUT2D eigenvalue weighted by atomic mass is 16.5. The van der Waals surface area contributed by atoms with Gasteiger partial charge in [0.1, 0.15) is 17.6 Å². The molecule has 1 heterocycles. The summed E-state index contributed by atoms with van der Waals surface area (Å²) in [5, 5.41) is 3.19. The van der Waals surface area contributed by atoms with E-state index in [1.54, 1.807) is 7.11 Å². The Kier molecular flexibility index (Phi) is 3.11. The van der Waals surface area contributed by atoms with Crippen LogP contribution in [-0.4, -0.2) is 26.3 Å². The highest BCUT2D eigenvalue weighted by molar-refractivity contribution is 5.41. The van der Waals surface area contributed by atoms with Crippen molar-refractivity contribution < 1.29 is 9.47 Å². The molecule has 1 N–H and O–H groups in total. The van der Waals surface area contributed by atoms with Crippen LogP contribution in [0.3, 0.4) is 0 Å². The van der Waals surface area contributed by atoms with Crippen LogP contribution in [-0.2, 0) is 6.42 Å². The van der Waals surface area contributed by atoms with Gasteiger partial charge < -0.3 is 14.8 Å². The molecule has 1 fully saturated rings. The Morgan fingerprint density at radius 3 is 2.73 bits per heavy atom. The van der Waals surface area contributed by atoms with Crippen molar-refractivity contribution in [2.75, 3.05) is 20.2 Å². The van der Waals surface area contributed by atoms with E-state index in [4.69, 9.17) is 9.47 Å². The number of aryl methyl sites for hydroxylation is 1. The first-order chi connectivity index (χ1) is 7.33. The second-order valence-electron chi connectivity index (χ2n) is 3.73. The minimum Gasteiger partial charge on any atom is -0.497 e. The van der Waals surface area contributed by atoms with Gasteiger partial charge in [0, 0.05) is 19.2 Å². The van der Waals surface area contributed by atoms with Crippen molar-refractivity contribution in [2.24, 2.45) is 0 Å². The summed E-state index contributed by atoms with van der Waals surface area (Å²) in [6, 6.07) is 6.02. The number of benzene rings is 1. The summed E-state index contributed by atoms with van der Waals surface area (Å²) in [4.78, 5) is 0. The molecule has 1 aliphatic heterocycles. The monoisotopic (exact) mass is 207 g/mol. The van der Waals surface area contributed by atoms with Gasteiger partial charge in [0.2, 0.25) is 0 Å². The summed E-state index contributed by atoms with van der Waals surface area (Å²) >= 11 is 0. The summed E-state index contributed by atoms with van der Waals surface area (Å²) in [7, 11) is 1.68. The smallest absolute Gasteiger partial charge is 0.126 e. The third-order valence-electron chi connectivity index (χ3n) is 2.69. The van der Waals surface area contributed by atoms with Crippen LogP contribution in [0, 0.1) is 0 Å². The van der Waals surface area contributed by atoms with Crippen LogP contribution in [0.1, 0.15) is 12.5 Å². The maximum atomic E-state index is 5.87. The topological polar surface area (TPSA) is 30.5 Å². The van der Waals surface area contributed by atoms with Gasteiger partial charge in [-0.05, 0) is 18.1 Å². The van der Waals surface area contributed by atoms with Gasteiger partial charge in [0.25, 0.3) is 0 Å². The molecule has 1 saturated heterocycles. The van der Waals surface area contributed by atoms with Crippen molar-refractivity contribution in [2.45, 2.75) is 19.4 Å². The lowest BCUT2D eigenvalue weighted by Crippen LogP contribution is -2.50. The van der Waals surface area contributed by atoms with Gasteiger partial charge in [-0.3, -0.25) is 0 Å². The Hall–Kier alpha value is -1.22. The zero-order valence-corrected chi connectivity index (χ0v) is 9.25. The third-order valence-corrected chi connectivity index (χ3v) is 2.69. The Labute approximate surface area is 90.4 Å². The zero-order valence-electron chi connectivity index (χ0n) is 9.25. The van der Waals surface area contributed by atoms with Gasteiger partial charge in [0.05, 0.1) is 7.11 Å². The Morgan fingerprint density at radius 2 is 2.20 bits per heavy atom. The number of rotatable bonds is 4. The van der Waals surface area contributed by atoms with Crippen molar-refractivity contribution in [3.63, 3.8) is 0 Å². The van der Waals surface area contributed by atoms with Crippen molar-refractivity contribution >= 4 is 0 Å². The molecule has 0 bridgehead atoms. The zero-order chi connectivity index (χ0) is 10.7. The number of hydrogen-bond acceptors (Lipinski definition) is 3. The molecule has 3 nitrogen and oxygen atoms in total. The average molecular weight is 207 g/mol. The first-order valence-corrected chi connectivity index (χ1v) is 5.37. The Bertz CT molecular complexity index is 334. The predicted octanol–water partition coefficient (Wildman–Crippen LogP) is 1.61.